The maximum Gasteiger partial charge on any atom is 0.191 e. The van der Waals surface area contributed by atoms with Crippen LogP contribution in [0.5, 0.6) is 0 Å². The van der Waals surface area contributed by atoms with E-state index in [2.05, 4.69) is 15.2 Å². The minimum atomic E-state index is -0.292. The third-order valence-corrected chi connectivity index (χ3v) is 4.84. The number of thioether (sulfide) groups is 1. The van der Waals surface area contributed by atoms with Gasteiger partial charge in [0.2, 0.25) is 0 Å². The molecule has 21 heavy (non-hydrogen) atoms. The van der Waals surface area contributed by atoms with Crippen molar-refractivity contribution in [2.24, 2.45) is 7.05 Å². The van der Waals surface area contributed by atoms with Gasteiger partial charge in [0.15, 0.2) is 11.0 Å². The lowest BCUT2D eigenvalue weighted by Crippen LogP contribution is -1.96. The number of hydrogen-bond donors (Lipinski definition) is 0. The summed E-state index contributed by atoms with van der Waals surface area (Å²) >= 11 is 3.18. The van der Waals surface area contributed by atoms with Gasteiger partial charge in [-0.2, -0.15) is 0 Å². The first-order valence-corrected chi connectivity index (χ1v) is 8.20. The lowest BCUT2D eigenvalue weighted by atomic mass is 10.2. The fourth-order valence-electron chi connectivity index (χ4n) is 1.93. The van der Waals surface area contributed by atoms with Gasteiger partial charge in [0, 0.05) is 18.2 Å². The fourth-order valence-corrected chi connectivity index (χ4v) is 3.45. The van der Waals surface area contributed by atoms with Crippen molar-refractivity contribution < 1.29 is 4.39 Å². The number of aryl methyl sites for hydroxylation is 1. The minimum Gasteiger partial charge on any atom is -0.305 e. The second-order valence-electron chi connectivity index (χ2n) is 4.49. The molecule has 2 heterocycles. The van der Waals surface area contributed by atoms with Gasteiger partial charge < -0.3 is 4.57 Å². The highest BCUT2D eigenvalue weighted by Gasteiger charge is 2.14. The van der Waals surface area contributed by atoms with E-state index in [1.807, 2.05) is 23.9 Å². The Hall–Kier alpha value is -1.73. The van der Waals surface area contributed by atoms with Crippen LogP contribution >= 0.6 is 23.1 Å². The summed E-state index contributed by atoms with van der Waals surface area (Å²) in [5.74, 6) is 0.970. The molecular weight excluding hydrogens is 307 g/mol. The van der Waals surface area contributed by atoms with E-state index in [4.69, 9.17) is 0 Å². The zero-order valence-corrected chi connectivity index (χ0v) is 13.2. The van der Waals surface area contributed by atoms with Gasteiger partial charge in [-0.05, 0) is 19.1 Å². The van der Waals surface area contributed by atoms with Crippen molar-refractivity contribution in [2.75, 3.05) is 0 Å². The number of rotatable bonds is 4. The summed E-state index contributed by atoms with van der Waals surface area (Å²) in [5.41, 5.74) is 1.49. The summed E-state index contributed by atoms with van der Waals surface area (Å²) in [6.45, 7) is 1.98. The first-order chi connectivity index (χ1) is 10.1. The van der Waals surface area contributed by atoms with Crippen molar-refractivity contribution in [3.05, 3.63) is 46.2 Å². The fraction of sp³-hybridized carbons (Fsp3) is 0.214. The Morgan fingerprint density at radius 3 is 2.81 bits per heavy atom. The van der Waals surface area contributed by atoms with E-state index in [-0.39, 0.29) is 5.82 Å². The van der Waals surface area contributed by atoms with Crippen molar-refractivity contribution in [1.82, 2.24) is 19.7 Å². The Kier molecular flexibility index (Phi) is 4.03. The molecule has 0 saturated heterocycles. The van der Waals surface area contributed by atoms with Crippen LogP contribution in [-0.4, -0.2) is 19.7 Å². The van der Waals surface area contributed by atoms with E-state index >= 15 is 0 Å². The van der Waals surface area contributed by atoms with Crippen molar-refractivity contribution in [3.63, 3.8) is 0 Å². The number of aromatic nitrogens is 4. The molecule has 0 amide bonds. The summed E-state index contributed by atoms with van der Waals surface area (Å²) in [6, 6.07) is 6.58. The van der Waals surface area contributed by atoms with Gasteiger partial charge in [0.05, 0.1) is 16.3 Å². The molecule has 0 aliphatic heterocycles. The highest BCUT2D eigenvalue weighted by molar-refractivity contribution is 7.98. The minimum absolute atomic E-state index is 0.292. The summed E-state index contributed by atoms with van der Waals surface area (Å²) in [4.78, 5) is 4.41. The molecule has 1 aromatic carbocycles. The van der Waals surface area contributed by atoms with Crippen LogP contribution in [0.25, 0.3) is 11.4 Å². The van der Waals surface area contributed by atoms with Crippen LogP contribution in [-0.2, 0) is 12.8 Å². The summed E-state index contributed by atoms with van der Waals surface area (Å²) in [6.07, 6.45) is 0. The normalized spacial score (nSPS) is 11.0. The summed E-state index contributed by atoms with van der Waals surface area (Å²) in [5, 5.41) is 12.1. The van der Waals surface area contributed by atoms with Gasteiger partial charge in [0.1, 0.15) is 5.82 Å². The van der Waals surface area contributed by atoms with E-state index in [0.717, 1.165) is 21.6 Å². The Bertz CT molecular complexity index is 766. The van der Waals surface area contributed by atoms with Gasteiger partial charge in [-0.25, -0.2) is 9.37 Å². The molecule has 0 atom stereocenters. The number of nitrogens with zero attached hydrogens (tertiary/aromatic N) is 4. The van der Waals surface area contributed by atoms with E-state index in [9.17, 15) is 4.39 Å². The van der Waals surface area contributed by atoms with Crippen LogP contribution in [0.15, 0.2) is 34.8 Å². The third kappa shape index (κ3) is 2.98. The molecule has 0 fully saturated rings. The number of thiazole rings is 1. The van der Waals surface area contributed by atoms with Crippen molar-refractivity contribution in [2.45, 2.75) is 17.8 Å². The van der Waals surface area contributed by atoms with Crippen LogP contribution in [0.2, 0.25) is 0 Å². The van der Waals surface area contributed by atoms with Crippen LogP contribution < -0.4 is 0 Å². The van der Waals surface area contributed by atoms with Crippen LogP contribution in [0.3, 0.4) is 0 Å². The number of hydrogen-bond acceptors (Lipinski definition) is 5. The van der Waals surface area contributed by atoms with Crippen LogP contribution in [0.1, 0.15) is 10.7 Å². The molecule has 0 unspecified atom stereocenters. The molecule has 0 bridgehead atoms. The van der Waals surface area contributed by atoms with E-state index in [0.29, 0.717) is 11.4 Å². The Morgan fingerprint density at radius 1 is 1.29 bits per heavy atom. The van der Waals surface area contributed by atoms with E-state index < -0.39 is 0 Å². The number of halogens is 1. The molecule has 4 nitrogen and oxygen atoms in total. The Labute approximate surface area is 130 Å². The topological polar surface area (TPSA) is 43.6 Å². The predicted octanol–water partition coefficient (Wildman–Crippen LogP) is 3.68. The van der Waals surface area contributed by atoms with Gasteiger partial charge in [-0.15, -0.1) is 21.5 Å². The SMILES string of the molecule is Cc1nc(CSc2nnc(-c3ccccc3F)n2C)cs1. The summed E-state index contributed by atoms with van der Waals surface area (Å²) < 4.78 is 15.6. The molecule has 0 saturated carbocycles. The highest BCUT2D eigenvalue weighted by Crippen LogP contribution is 2.26. The molecule has 0 aliphatic carbocycles. The second-order valence-corrected chi connectivity index (χ2v) is 6.50. The lowest BCUT2D eigenvalue weighted by molar-refractivity contribution is 0.628. The average molecular weight is 320 g/mol. The van der Waals surface area contributed by atoms with Crippen molar-refractivity contribution in [3.8, 4) is 11.4 Å². The smallest absolute Gasteiger partial charge is 0.191 e. The third-order valence-electron chi connectivity index (χ3n) is 2.97. The quantitative estimate of drug-likeness (QED) is 0.688. The second kappa shape index (κ2) is 5.95. The molecule has 2 aromatic heterocycles. The number of benzene rings is 1. The molecule has 0 aliphatic rings. The average Bonchev–Trinajstić information content (AvgIpc) is 3.04. The standard InChI is InChI=1S/C14H13FN4S2/c1-9-16-10(7-20-9)8-21-14-18-17-13(19(14)2)11-5-3-4-6-12(11)15/h3-7H,8H2,1-2H3. The van der Waals surface area contributed by atoms with Gasteiger partial charge in [-0.1, -0.05) is 23.9 Å². The molecule has 0 N–H and O–H groups in total. The maximum absolute atomic E-state index is 13.8. The Morgan fingerprint density at radius 2 is 2.10 bits per heavy atom. The first-order valence-electron chi connectivity index (χ1n) is 6.33. The zero-order valence-electron chi connectivity index (χ0n) is 11.6. The molecule has 108 valence electrons. The van der Waals surface area contributed by atoms with Crippen molar-refractivity contribution in [1.29, 1.82) is 0 Å². The largest absolute Gasteiger partial charge is 0.305 e. The molecule has 3 rings (SSSR count). The van der Waals surface area contributed by atoms with Gasteiger partial charge >= 0.3 is 0 Å². The highest BCUT2D eigenvalue weighted by atomic mass is 32.2. The summed E-state index contributed by atoms with van der Waals surface area (Å²) in [7, 11) is 1.84. The van der Waals surface area contributed by atoms with Gasteiger partial charge in [0.25, 0.3) is 0 Å². The van der Waals surface area contributed by atoms with Crippen LogP contribution in [0, 0.1) is 12.7 Å². The molecular formula is C14H13FN4S2. The van der Waals surface area contributed by atoms with Gasteiger partial charge in [-0.3, -0.25) is 0 Å². The lowest BCUT2D eigenvalue weighted by Gasteiger charge is -2.04. The zero-order chi connectivity index (χ0) is 14.8. The van der Waals surface area contributed by atoms with E-state index in [1.165, 1.54) is 6.07 Å². The Balaban J connectivity index is 1.81. The molecule has 3 aromatic rings. The monoisotopic (exact) mass is 320 g/mol. The molecule has 0 spiro atoms. The molecule has 7 heteroatoms. The molecule has 0 radical (unpaired) electrons. The maximum atomic E-state index is 13.8. The predicted molar refractivity (Wildman–Crippen MR) is 82.8 cm³/mol. The van der Waals surface area contributed by atoms with Crippen LogP contribution in [0.4, 0.5) is 4.39 Å². The van der Waals surface area contributed by atoms with E-state index in [1.54, 1.807) is 41.3 Å². The first kappa shape index (κ1) is 14.2. The van der Waals surface area contributed by atoms with Crippen molar-refractivity contribution >= 4 is 23.1 Å².